The average Bonchev–Trinajstić information content (AvgIpc) is 2.28. The summed E-state index contributed by atoms with van der Waals surface area (Å²) in [6.07, 6.45) is -7.53. The van der Waals surface area contributed by atoms with E-state index in [1.165, 1.54) is 0 Å². The summed E-state index contributed by atoms with van der Waals surface area (Å²) in [5.74, 6) is -0.923. The number of halogens is 5. The first-order valence-corrected chi connectivity index (χ1v) is 5.54. The highest BCUT2D eigenvalue weighted by Gasteiger charge is 2.38. The summed E-state index contributed by atoms with van der Waals surface area (Å²) < 4.78 is 49.1. The van der Waals surface area contributed by atoms with Crippen LogP contribution in [-0.2, 0) is 0 Å². The molecule has 10 heteroatoms. The predicted molar refractivity (Wildman–Crippen MR) is 61.3 cm³/mol. The van der Waals surface area contributed by atoms with E-state index in [0.29, 0.717) is 6.07 Å². The van der Waals surface area contributed by atoms with Gasteiger partial charge in [-0.2, -0.15) is 13.2 Å². The van der Waals surface area contributed by atoms with Crippen molar-refractivity contribution in [3.8, 4) is 0 Å². The van der Waals surface area contributed by atoms with Gasteiger partial charge in [0.25, 0.3) is 5.69 Å². The standard InChI is InChI=1S/C9H7BrF4N2O3/c10-4-1-6(7(16(18)19)2-5(4)11)15-3-8(17)9(12,13)14/h1-2,8,15,17H,3H2. The quantitative estimate of drug-likeness (QED) is 0.499. The first-order valence-electron chi connectivity index (χ1n) is 4.75. The largest absolute Gasteiger partial charge is 0.416 e. The number of hydrogen-bond acceptors (Lipinski definition) is 4. The molecule has 1 atom stereocenters. The van der Waals surface area contributed by atoms with Crippen molar-refractivity contribution in [1.82, 2.24) is 0 Å². The Morgan fingerprint density at radius 2 is 2.05 bits per heavy atom. The number of anilines is 1. The molecule has 1 rings (SSSR count). The Hall–Kier alpha value is -1.42. The van der Waals surface area contributed by atoms with Crippen LogP contribution >= 0.6 is 15.9 Å². The van der Waals surface area contributed by atoms with Crippen LogP contribution in [0.25, 0.3) is 0 Å². The van der Waals surface area contributed by atoms with E-state index in [9.17, 15) is 27.7 Å². The minimum absolute atomic E-state index is 0.151. The molecule has 0 fully saturated rings. The summed E-state index contributed by atoms with van der Waals surface area (Å²) in [5, 5.41) is 21.4. The summed E-state index contributed by atoms with van der Waals surface area (Å²) in [4.78, 5) is 9.68. The van der Waals surface area contributed by atoms with Gasteiger partial charge in [-0.05, 0) is 22.0 Å². The third-order valence-electron chi connectivity index (χ3n) is 2.10. The summed E-state index contributed by atoms with van der Waals surface area (Å²) in [6, 6.07) is 1.49. The summed E-state index contributed by atoms with van der Waals surface area (Å²) >= 11 is 2.75. The Bertz CT molecular complexity index is 495. The number of nitrogens with one attached hydrogen (secondary N) is 1. The molecular weight excluding hydrogens is 340 g/mol. The SMILES string of the molecule is O=[N+]([O-])c1cc(F)c(Br)cc1NCC(O)C(F)(F)F. The molecule has 0 amide bonds. The molecule has 0 aliphatic rings. The van der Waals surface area contributed by atoms with Crippen molar-refractivity contribution in [3.63, 3.8) is 0 Å². The fraction of sp³-hybridized carbons (Fsp3) is 0.333. The summed E-state index contributed by atoms with van der Waals surface area (Å²) in [5.41, 5.74) is -1.06. The Morgan fingerprint density at radius 1 is 1.47 bits per heavy atom. The molecule has 5 nitrogen and oxygen atoms in total. The number of rotatable bonds is 4. The third kappa shape index (κ3) is 4.03. The van der Waals surface area contributed by atoms with Gasteiger partial charge in [-0.3, -0.25) is 10.1 Å². The Kier molecular flexibility index (Phi) is 4.69. The van der Waals surface area contributed by atoms with Gasteiger partial charge < -0.3 is 10.4 Å². The molecule has 0 aliphatic carbocycles. The van der Waals surface area contributed by atoms with Crippen molar-refractivity contribution < 1.29 is 27.6 Å². The Balaban J connectivity index is 2.95. The molecule has 0 heterocycles. The lowest BCUT2D eigenvalue weighted by molar-refractivity contribution is -0.384. The lowest BCUT2D eigenvalue weighted by Crippen LogP contribution is -2.35. The average molecular weight is 347 g/mol. The minimum atomic E-state index is -4.85. The lowest BCUT2D eigenvalue weighted by atomic mass is 10.2. The van der Waals surface area contributed by atoms with E-state index in [1.807, 2.05) is 0 Å². The molecule has 106 valence electrons. The lowest BCUT2D eigenvalue weighted by Gasteiger charge is -2.16. The van der Waals surface area contributed by atoms with E-state index in [4.69, 9.17) is 5.11 Å². The molecule has 0 bridgehead atoms. The van der Waals surface area contributed by atoms with Gasteiger partial charge in [0.05, 0.1) is 15.5 Å². The zero-order valence-corrected chi connectivity index (χ0v) is 10.6. The molecule has 1 unspecified atom stereocenters. The monoisotopic (exact) mass is 346 g/mol. The van der Waals surface area contributed by atoms with E-state index in [2.05, 4.69) is 21.2 Å². The van der Waals surface area contributed by atoms with Crippen LogP contribution < -0.4 is 5.32 Å². The van der Waals surface area contributed by atoms with Crippen molar-refractivity contribution in [2.24, 2.45) is 0 Å². The maximum absolute atomic E-state index is 13.1. The highest BCUT2D eigenvalue weighted by atomic mass is 79.9. The Labute approximate surface area is 112 Å². The fourth-order valence-electron chi connectivity index (χ4n) is 1.15. The number of nitro benzene ring substituents is 1. The van der Waals surface area contributed by atoms with Gasteiger partial charge in [0.2, 0.25) is 0 Å². The van der Waals surface area contributed by atoms with E-state index >= 15 is 0 Å². The molecular formula is C9H7BrF4N2O3. The fourth-order valence-corrected chi connectivity index (χ4v) is 1.49. The third-order valence-corrected chi connectivity index (χ3v) is 2.71. The maximum atomic E-state index is 13.1. The molecule has 1 aromatic rings. The minimum Gasteiger partial charge on any atom is -0.382 e. The van der Waals surface area contributed by atoms with Crippen LogP contribution in [0.15, 0.2) is 16.6 Å². The first-order chi connectivity index (χ1) is 8.62. The second-order valence-corrected chi connectivity index (χ2v) is 4.33. The van der Waals surface area contributed by atoms with Crippen molar-refractivity contribution in [1.29, 1.82) is 0 Å². The van der Waals surface area contributed by atoms with Crippen LogP contribution in [0.4, 0.5) is 28.9 Å². The van der Waals surface area contributed by atoms with Crippen LogP contribution in [0.5, 0.6) is 0 Å². The predicted octanol–water partition coefficient (Wildman–Crippen LogP) is 2.83. The van der Waals surface area contributed by atoms with Crippen molar-refractivity contribution in [2.45, 2.75) is 12.3 Å². The first kappa shape index (κ1) is 15.6. The van der Waals surface area contributed by atoms with Crippen LogP contribution in [-0.4, -0.2) is 28.9 Å². The van der Waals surface area contributed by atoms with Crippen molar-refractivity contribution in [2.75, 3.05) is 11.9 Å². The Morgan fingerprint density at radius 3 is 2.53 bits per heavy atom. The molecule has 0 aromatic heterocycles. The number of alkyl halides is 3. The van der Waals surface area contributed by atoms with Gasteiger partial charge in [0.1, 0.15) is 11.5 Å². The molecule has 0 spiro atoms. The van der Waals surface area contributed by atoms with Crippen molar-refractivity contribution >= 4 is 27.3 Å². The molecule has 0 saturated carbocycles. The van der Waals surface area contributed by atoms with Crippen LogP contribution in [0.2, 0.25) is 0 Å². The molecule has 19 heavy (non-hydrogen) atoms. The van der Waals surface area contributed by atoms with E-state index in [-0.39, 0.29) is 10.2 Å². The maximum Gasteiger partial charge on any atom is 0.416 e. The smallest absolute Gasteiger partial charge is 0.382 e. The van der Waals surface area contributed by atoms with Crippen LogP contribution in [0.3, 0.4) is 0 Å². The number of nitrogens with zero attached hydrogens (tertiary/aromatic N) is 1. The van der Waals surface area contributed by atoms with E-state index in [1.54, 1.807) is 0 Å². The number of aliphatic hydroxyl groups excluding tert-OH is 1. The van der Waals surface area contributed by atoms with E-state index in [0.717, 1.165) is 6.07 Å². The van der Waals surface area contributed by atoms with Crippen molar-refractivity contribution in [3.05, 3.63) is 32.5 Å². The van der Waals surface area contributed by atoms with Gasteiger partial charge >= 0.3 is 6.18 Å². The zero-order valence-electron chi connectivity index (χ0n) is 9.04. The molecule has 1 aromatic carbocycles. The van der Waals surface area contributed by atoms with Gasteiger partial charge in [-0.25, -0.2) is 4.39 Å². The summed E-state index contributed by atoms with van der Waals surface area (Å²) in [7, 11) is 0. The molecule has 0 aliphatic heterocycles. The van der Waals surface area contributed by atoms with Crippen LogP contribution in [0, 0.1) is 15.9 Å². The second kappa shape index (κ2) is 5.70. The highest BCUT2D eigenvalue weighted by Crippen LogP contribution is 2.31. The second-order valence-electron chi connectivity index (χ2n) is 3.48. The molecule has 2 N–H and O–H groups in total. The number of aliphatic hydroxyl groups is 1. The highest BCUT2D eigenvalue weighted by molar-refractivity contribution is 9.10. The van der Waals surface area contributed by atoms with Gasteiger partial charge in [0, 0.05) is 6.54 Å². The molecule has 0 saturated heterocycles. The zero-order chi connectivity index (χ0) is 14.8. The van der Waals surface area contributed by atoms with Gasteiger partial charge in [-0.1, -0.05) is 0 Å². The molecule has 0 radical (unpaired) electrons. The van der Waals surface area contributed by atoms with Gasteiger partial charge in [0.15, 0.2) is 6.10 Å². The van der Waals surface area contributed by atoms with Crippen LogP contribution in [0.1, 0.15) is 0 Å². The number of nitro groups is 1. The van der Waals surface area contributed by atoms with Gasteiger partial charge in [-0.15, -0.1) is 0 Å². The normalized spacial score (nSPS) is 13.2. The number of hydrogen-bond donors (Lipinski definition) is 2. The number of benzene rings is 1. The summed E-state index contributed by atoms with van der Waals surface area (Å²) in [6.45, 7) is -0.984. The topological polar surface area (TPSA) is 75.4 Å². The van der Waals surface area contributed by atoms with E-state index < -0.39 is 35.3 Å².